The molecule has 1 unspecified atom stereocenters. The molecule has 34 heteroatoms. The second-order valence-corrected chi connectivity index (χ2v) is 34.4. The first-order valence-corrected chi connectivity index (χ1v) is 45.1. The van der Waals surface area contributed by atoms with Gasteiger partial charge in [0, 0.05) is 118 Å². The number of aliphatic carboxylic acids is 2. The maximum Gasteiger partial charge on any atom is 0.326 e. The summed E-state index contributed by atoms with van der Waals surface area (Å²) in [5, 5.41) is 35.7. The number of H-pyrrole nitrogens is 2. The van der Waals surface area contributed by atoms with E-state index in [1.807, 2.05) is 151 Å². The average Bonchev–Trinajstić information content (AvgIpc) is 1.36. The van der Waals surface area contributed by atoms with Crippen molar-refractivity contribution in [3.8, 4) is 0 Å². The highest BCUT2D eigenvalue weighted by atomic mass is 35.5. The Morgan fingerprint density at radius 2 is 1.13 bits per heavy atom. The van der Waals surface area contributed by atoms with Crippen LogP contribution in [0.4, 0.5) is 0 Å². The lowest BCUT2D eigenvalue weighted by molar-refractivity contribution is -0.171. The van der Waals surface area contributed by atoms with Gasteiger partial charge in [-0.25, -0.2) is 9.78 Å². The number of nitrogens with zero attached hydrogens (tertiary/aromatic N) is 8. The number of ether oxygens (including phenoxy) is 2. The Morgan fingerprint density at radius 1 is 0.580 bits per heavy atom. The summed E-state index contributed by atoms with van der Waals surface area (Å²) >= 11 is 6.70. The summed E-state index contributed by atoms with van der Waals surface area (Å²) in [6.07, 6.45) is 8.64. The number of halogens is 1. The second-order valence-electron chi connectivity index (χ2n) is 33.9. The number of nitrogens with one attached hydrogen (secondary N) is 7. The third kappa shape index (κ3) is 23.9. The number of unbranched alkanes of at least 4 members (excludes halogenated alkanes) is 1. The summed E-state index contributed by atoms with van der Waals surface area (Å²) in [4.78, 5) is 209. The van der Waals surface area contributed by atoms with Crippen molar-refractivity contribution in [1.82, 2.24) is 75.5 Å². The van der Waals surface area contributed by atoms with Gasteiger partial charge in [-0.15, -0.1) is 0 Å². The van der Waals surface area contributed by atoms with Gasteiger partial charge in [-0.05, 0) is 122 Å². The van der Waals surface area contributed by atoms with E-state index in [0.29, 0.717) is 54.7 Å². The van der Waals surface area contributed by atoms with Crippen molar-refractivity contribution in [1.29, 1.82) is 0 Å². The SMILES string of the molecule is CCCC[C@H](NC(=O)[C@H](Cc1c[nH]c2ccccc12)NC(=O)[C@H](C)N)C(=O)N[C@@H](Cc1c[nH]c2ccccc12)C(=O)N[C@@H](COC1CCCCO1)C(=O)N(CCC)CC(=O)N(C)[C@@H](Cc1cccc(Cl)c1)C(=O)N(C)[C@@H](Cc1cn(C(c2ccccc2)(c2ccccc2)c2ccccc2)cn1)C(=O)N(C)CC(=O)N1CCC[C@H]1C(=O)N[C@@H](CC(=O)O)C(=O)N1CCC[C@H]1C(=O)O. The molecule has 3 fully saturated rings. The second kappa shape index (κ2) is 45.4. The Morgan fingerprint density at radius 3 is 1.69 bits per heavy atom. The first kappa shape index (κ1) is 97.0. The number of rotatable bonds is 43. The number of benzene rings is 6. The van der Waals surface area contributed by atoms with Crippen LogP contribution in [0.2, 0.25) is 5.02 Å². The van der Waals surface area contributed by atoms with Gasteiger partial charge in [0.1, 0.15) is 59.9 Å². The molecule has 131 heavy (non-hydrogen) atoms. The molecule has 11 N–H and O–H groups in total. The molecule has 0 aliphatic carbocycles. The van der Waals surface area contributed by atoms with Crippen LogP contribution >= 0.6 is 11.6 Å². The number of aromatic nitrogens is 4. The van der Waals surface area contributed by atoms with Crippen LogP contribution in [0.15, 0.2) is 189 Å². The molecule has 0 spiro atoms. The van der Waals surface area contributed by atoms with E-state index in [0.717, 1.165) is 61.1 Å². The normalized spacial score (nSPS) is 16.9. The largest absolute Gasteiger partial charge is 0.481 e. The molecular weight excluding hydrogens is 1700 g/mol. The van der Waals surface area contributed by atoms with Gasteiger partial charge in [-0.2, -0.15) is 0 Å². The van der Waals surface area contributed by atoms with Crippen molar-refractivity contribution in [2.75, 3.05) is 67.1 Å². The Labute approximate surface area is 765 Å². The number of amides is 11. The lowest BCUT2D eigenvalue weighted by Crippen LogP contribution is -2.61. The Kier molecular flexibility index (Phi) is 33.6. The Bertz CT molecular complexity index is 5410. The molecular formula is C97H117ClN16O17. The van der Waals surface area contributed by atoms with Crippen LogP contribution in [0.25, 0.3) is 21.8 Å². The average molecular weight is 1810 g/mol. The van der Waals surface area contributed by atoms with Gasteiger partial charge in [0.05, 0.1) is 44.2 Å². The third-order valence-electron chi connectivity index (χ3n) is 24.7. The lowest BCUT2D eigenvalue weighted by atomic mass is 9.77. The zero-order chi connectivity index (χ0) is 93.6. The molecule has 9 aromatic rings. The van der Waals surface area contributed by atoms with Crippen molar-refractivity contribution in [2.45, 2.75) is 196 Å². The number of aromatic amines is 2. The number of para-hydroxylation sites is 2. The van der Waals surface area contributed by atoms with Gasteiger partial charge in [0.2, 0.25) is 65.0 Å². The number of imidazole rings is 1. The molecule has 3 aromatic heterocycles. The molecule has 12 rings (SSSR count). The Balaban J connectivity index is 0.851. The van der Waals surface area contributed by atoms with Crippen molar-refractivity contribution >= 4 is 110 Å². The molecule has 3 saturated heterocycles. The van der Waals surface area contributed by atoms with E-state index in [2.05, 4.69) is 36.6 Å². The van der Waals surface area contributed by atoms with Crippen LogP contribution in [-0.4, -0.2) is 270 Å². The molecule has 6 heterocycles. The monoisotopic (exact) mass is 1810 g/mol. The zero-order valence-corrected chi connectivity index (χ0v) is 75.3. The van der Waals surface area contributed by atoms with Gasteiger partial charge in [-0.3, -0.25) is 57.5 Å². The number of carbonyl (C=O) groups is 13. The van der Waals surface area contributed by atoms with Crippen molar-refractivity contribution < 1.29 is 82.0 Å². The number of carboxylic acid groups (broad SMARTS) is 2. The van der Waals surface area contributed by atoms with E-state index in [1.165, 1.54) is 47.7 Å². The summed E-state index contributed by atoms with van der Waals surface area (Å²) in [6, 6.07) is 36.9. The number of nitrogens with two attached hydrogens (primary N) is 1. The van der Waals surface area contributed by atoms with Crippen LogP contribution in [0.3, 0.4) is 0 Å². The summed E-state index contributed by atoms with van der Waals surface area (Å²) in [7, 11) is 4.13. The number of carboxylic acids is 2. The van der Waals surface area contributed by atoms with Gasteiger partial charge in [-0.1, -0.05) is 178 Å². The first-order valence-electron chi connectivity index (χ1n) is 44.7. The minimum absolute atomic E-state index is 0.00673. The number of carbonyl (C=O) groups excluding carboxylic acids is 11. The molecule has 33 nitrogen and oxygen atoms in total. The fourth-order valence-corrected chi connectivity index (χ4v) is 17.9. The predicted octanol–water partition coefficient (Wildman–Crippen LogP) is 7.01. The van der Waals surface area contributed by atoms with E-state index in [4.69, 9.17) is 31.8 Å². The number of likely N-dealkylation sites (tertiary alicyclic amines) is 2. The van der Waals surface area contributed by atoms with Crippen LogP contribution in [-0.2, 0) is 103 Å². The molecule has 0 radical (unpaired) electrons. The van der Waals surface area contributed by atoms with Gasteiger partial charge >= 0.3 is 11.9 Å². The number of hydrogen-bond donors (Lipinski definition) is 10. The number of hydrogen-bond acceptors (Lipinski definition) is 17. The van der Waals surface area contributed by atoms with E-state index in [-0.39, 0.29) is 82.4 Å². The quantitative estimate of drug-likeness (QED) is 0.0172. The maximum atomic E-state index is 16.4. The minimum atomic E-state index is -1.69. The summed E-state index contributed by atoms with van der Waals surface area (Å²) < 4.78 is 14.3. The van der Waals surface area contributed by atoms with Gasteiger partial charge < -0.3 is 95.9 Å². The molecule has 0 bridgehead atoms. The molecule has 0 saturated carbocycles. The van der Waals surface area contributed by atoms with Gasteiger partial charge in [0.15, 0.2) is 6.29 Å². The summed E-state index contributed by atoms with van der Waals surface area (Å²) in [6.45, 7) is 3.58. The standard InChI is InChI=1S/C97H117ClN16O17/c1-7-9-38-74(103-89(121)75(104-87(119)61(3)99)50-63-54-100-72-39-21-19-36-70(63)72)88(120)105-76(51-64-55-101-73-40-22-20-37-71(64)73)90(122)107-78(59-131-86-43-23-24-47-130-86)92(124)111(44-8-2)58-83(115)109(5)81(49-62-28-25-35-68(98)48-62)95(127)110(6)82(52-69-56-112(60-102-69)97(65-29-13-10-14-30-65,66-31-15-11-16-32-66)67-33-17-12-18-34-67)94(126)108(4)57-84(116)113-45-26-41-79(113)91(123)106-77(53-85(117)118)93(125)114-46-27-42-80(114)96(128)129/h10-22,25,28-37,39-40,48,54-56,60-61,74-82,86,100-101H,7-9,23-24,26-27,38,41-47,49-53,57-59,99H2,1-6H3,(H,103,121)(H,104,119)(H,105,120)(H,106,123)(H,107,122)(H,117,118)(H,128,129)/t61-,74-,75-,76-,77-,78-,79-,80-,81-,82-,86?/m0/s1. The van der Waals surface area contributed by atoms with E-state index in [1.54, 1.807) is 56.1 Å². The van der Waals surface area contributed by atoms with Crippen LogP contribution in [0, 0.1) is 0 Å². The molecule has 3 aliphatic rings. The van der Waals surface area contributed by atoms with E-state index < -0.39 is 175 Å². The van der Waals surface area contributed by atoms with Crippen LogP contribution in [0.1, 0.15) is 137 Å². The van der Waals surface area contributed by atoms with Gasteiger partial charge in [0.25, 0.3) is 0 Å². The van der Waals surface area contributed by atoms with E-state index >= 15 is 28.8 Å². The summed E-state index contributed by atoms with van der Waals surface area (Å²) in [5.41, 5.74) is 11.1. The van der Waals surface area contributed by atoms with Crippen LogP contribution < -0.4 is 32.3 Å². The molecule has 6 aromatic carbocycles. The zero-order valence-electron chi connectivity index (χ0n) is 74.6. The fraction of sp³-hybridized carbons (Fsp3) is 0.423. The topological polar surface area (TPSA) is 436 Å². The number of fused-ring (bicyclic) bond motifs is 2. The highest BCUT2D eigenvalue weighted by Crippen LogP contribution is 2.41. The fourth-order valence-electron chi connectivity index (χ4n) is 17.7. The predicted molar refractivity (Wildman–Crippen MR) is 489 cm³/mol. The molecule has 3 aliphatic heterocycles. The third-order valence-corrected chi connectivity index (χ3v) is 24.9. The van der Waals surface area contributed by atoms with Crippen molar-refractivity contribution in [3.63, 3.8) is 0 Å². The Hall–Kier alpha value is -13.1. The molecule has 11 amide bonds. The van der Waals surface area contributed by atoms with Crippen LogP contribution in [0.5, 0.6) is 0 Å². The molecule has 11 atom stereocenters. The highest BCUT2D eigenvalue weighted by Gasteiger charge is 2.46. The molecule has 694 valence electrons. The van der Waals surface area contributed by atoms with Crippen molar-refractivity contribution in [2.24, 2.45) is 5.73 Å². The summed E-state index contributed by atoms with van der Waals surface area (Å²) in [5.74, 6) is -11.3. The maximum absolute atomic E-state index is 16.4. The number of likely N-dealkylation sites (N-methyl/N-ethyl adjacent to an activating group) is 3. The highest BCUT2D eigenvalue weighted by molar-refractivity contribution is 6.30. The lowest BCUT2D eigenvalue weighted by Gasteiger charge is -2.37. The van der Waals surface area contributed by atoms with E-state index in [9.17, 15) is 43.8 Å². The minimum Gasteiger partial charge on any atom is -0.481 e. The van der Waals surface area contributed by atoms with Crippen molar-refractivity contribution in [3.05, 3.63) is 233 Å². The smallest absolute Gasteiger partial charge is 0.326 e. The first-order chi connectivity index (χ1) is 63.1.